The topological polar surface area (TPSA) is 47.3 Å². The van der Waals surface area contributed by atoms with Crippen LogP contribution in [-0.4, -0.2) is 28.6 Å². The van der Waals surface area contributed by atoms with Crippen LogP contribution in [0.5, 0.6) is 0 Å². The molecule has 0 fully saturated rings. The van der Waals surface area contributed by atoms with E-state index in [-0.39, 0.29) is 6.61 Å². The van der Waals surface area contributed by atoms with Crippen LogP contribution in [0.25, 0.3) is 0 Å². The van der Waals surface area contributed by atoms with Crippen LogP contribution >= 0.6 is 11.6 Å². The highest BCUT2D eigenvalue weighted by atomic mass is 35.5. The van der Waals surface area contributed by atoms with Crippen molar-refractivity contribution in [3.63, 3.8) is 0 Å². The minimum Gasteiger partial charge on any atom is -0.384 e. The highest BCUT2D eigenvalue weighted by Crippen LogP contribution is 2.22. The van der Waals surface area contributed by atoms with E-state index in [4.69, 9.17) is 16.3 Å². The average Bonchev–Trinajstić information content (AvgIpc) is 2.47. The van der Waals surface area contributed by atoms with E-state index in [0.29, 0.717) is 17.3 Å². The number of ether oxygens (including phenoxy) is 1. The molecule has 1 heterocycles. The number of hydrogen-bond acceptors (Lipinski definition) is 3. The maximum absolute atomic E-state index is 9.63. The Morgan fingerprint density at radius 2 is 2.46 bits per heavy atom. The predicted molar refractivity (Wildman–Crippen MR) is 49.7 cm³/mol. The number of aryl methyl sites for hydroxylation is 1. The predicted octanol–water partition coefficient (Wildman–Crippen LogP) is 1.24. The van der Waals surface area contributed by atoms with Crippen molar-refractivity contribution in [1.29, 1.82) is 0 Å². The van der Waals surface area contributed by atoms with E-state index in [1.165, 1.54) is 13.3 Å². The average molecular weight is 205 g/mol. The van der Waals surface area contributed by atoms with E-state index in [1.807, 2.05) is 6.92 Å². The molecule has 0 amide bonds. The van der Waals surface area contributed by atoms with E-state index in [1.54, 1.807) is 4.68 Å². The molecule has 0 saturated carbocycles. The summed E-state index contributed by atoms with van der Waals surface area (Å²) in [6.45, 7) is 2.85. The zero-order valence-electron chi connectivity index (χ0n) is 7.70. The fourth-order valence-corrected chi connectivity index (χ4v) is 1.46. The van der Waals surface area contributed by atoms with Crippen LogP contribution in [0, 0.1) is 0 Å². The first-order valence-corrected chi connectivity index (χ1v) is 4.46. The molecule has 5 heteroatoms. The molecule has 0 aliphatic rings. The van der Waals surface area contributed by atoms with Gasteiger partial charge in [0.1, 0.15) is 6.10 Å². The summed E-state index contributed by atoms with van der Waals surface area (Å²) in [7, 11) is 1.53. The molecule has 1 aromatic rings. The van der Waals surface area contributed by atoms with Crippen molar-refractivity contribution in [2.24, 2.45) is 0 Å². The van der Waals surface area contributed by atoms with Crippen molar-refractivity contribution in [3.8, 4) is 0 Å². The molecule has 0 bridgehead atoms. The molecule has 1 atom stereocenters. The third-order valence-corrected chi connectivity index (χ3v) is 2.06. The van der Waals surface area contributed by atoms with Gasteiger partial charge in [0.25, 0.3) is 0 Å². The lowest BCUT2D eigenvalue weighted by Crippen LogP contribution is -2.12. The first kappa shape index (κ1) is 10.5. The van der Waals surface area contributed by atoms with Crippen LogP contribution in [0.1, 0.15) is 18.7 Å². The van der Waals surface area contributed by atoms with Gasteiger partial charge >= 0.3 is 0 Å². The molecule has 0 spiro atoms. The molecule has 0 radical (unpaired) electrons. The molecule has 0 aliphatic carbocycles. The van der Waals surface area contributed by atoms with Gasteiger partial charge in [-0.15, -0.1) is 0 Å². The number of hydrogen-bond donors (Lipinski definition) is 1. The smallest absolute Gasteiger partial charge is 0.120 e. The van der Waals surface area contributed by atoms with E-state index in [0.717, 1.165) is 0 Å². The Labute approximate surface area is 82.1 Å². The van der Waals surface area contributed by atoms with Crippen LogP contribution in [0.3, 0.4) is 0 Å². The number of halogens is 1. The molecule has 0 saturated heterocycles. The summed E-state index contributed by atoms with van der Waals surface area (Å²) in [5.41, 5.74) is 0.617. The Morgan fingerprint density at radius 3 is 3.00 bits per heavy atom. The highest BCUT2D eigenvalue weighted by molar-refractivity contribution is 6.31. The van der Waals surface area contributed by atoms with Crippen LogP contribution in [0.2, 0.25) is 5.02 Å². The SMILES string of the molecule is CCn1ncc(Cl)c1C(O)COC. The summed E-state index contributed by atoms with van der Waals surface area (Å²) >= 11 is 5.86. The zero-order chi connectivity index (χ0) is 9.84. The van der Waals surface area contributed by atoms with Gasteiger partial charge < -0.3 is 9.84 Å². The standard InChI is InChI=1S/C8H13ClN2O2/c1-3-11-8(6(9)4-10-11)7(12)5-13-2/h4,7,12H,3,5H2,1-2H3. The zero-order valence-corrected chi connectivity index (χ0v) is 8.45. The van der Waals surface area contributed by atoms with Gasteiger partial charge in [-0.05, 0) is 6.92 Å². The highest BCUT2D eigenvalue weighted by Gasteiger charge is 2.16. The summed E-state index contributed by atoms with van der Waals surface area (Å²) in [5.74, 6) is 0. The number of nitrogens with zero attached hydrogens (tertiary/aromatic N) is 2. The molecule has 1 aromatic heterocycles. The Balaban J connectivity index is 2.89. The lowest BCUT2D eigenvalue weighted by Gasteiger charge is -2.11. The van der Waals surface area contributed by atoms with Crippen molar-refractivity contribution in [2.75, 3.05) is 13.7 Å². The first-order chi connectivity index (χ1) is 6.20. The molecule has 1 N–H and O–H groups in total. The van der Waals surface area contributed by atoms with Gasteiger partial charge in [-0.1, -0.05) is 11.6 Å². The number of methoxy groups -OCH3 is 1. The molecule has 74 valence electrons. The quantitative estimate of drug-likeness (QED) is 0.803. The number of rotatable bonds is 4. The molecule has 4 nitrogen and oxygen atoms in total. The van der Waals surface area contributed by atoms with Crippen molar-refractivity contribution in [3.05, 3.63) is 16.9 Å². The van der Waals surface area contributed by atoms with Crippen molar-refractivity contribution in [1.82, 2.24) is 9.78 Å². The maximum atomic E-state index is 9.63. The van der Waals surface area contributed by atoms with Gasteiger partial charge in [-0.3, -0.25) is 4.68 Å². The summed E-state index contributed by atoms with van der Waals surface area (Å²) in [6.07, 6.45) is 0.819. The third-order valence-electron chi connectivity index (χ3n) is 1.77. The van der Waals surface area contributed by atoms with E-state index in [2.05, 4.69) is 5.10 Å². The Hall–Kier alpha value is -0.580. The molecule has 0 aromatic carbocycles. The molecule has 1 rings (SSSR count). The van der Waals surface area contributed by atoms with Crippen LogP contribution in [-0.2, 0) is 11.3 Å². The minimum atomic E-state index is -0.708. The summed E-state index contributed by atoms with van der Waals surface area (Å²) in [6, 6.07) is 0. The minimum absolute atomic E-state index is 0.228. The summed E-state index contributed by atoms with van der Waals surface area (Å²) in [5, 5.41) is 14.1. The van der Waals surface area contributed by atoms with Gasteiger partial charge in [0, 0.05) is 13.7 Å². The molecule has 13 heavy (non-hydrogen) atoms. The van der Waals surface area contributed by atoms with Gasteiger partial charge in [0.15, 0.2) is 0 Å². The lowest BCUT2D eigenvalue weighted by atomic mass is 10.2. The fraction of sp³-hybridized carbons (Fsp3) is 0.625. The van der Waals surface area contributed by atoms with Crippen molar-refractivity contribution < 1.29 is 9.84 Å². The van der Waals surface area contributed by atoms with Crippen LogP contribution in [0.4, 0.5) is 0 Å². The van der Waals surface area contributed by atoms with Gasteiger partial charge in [0.2, 0.25) is 0 Å². The molecular formula is C8H13ClN2O2. The third kappa shape index (κ3) is 2.21. The van der Waals surface area contributed by atoms with E-state index >= 15 is 0 Å². The monoisotopic (exact) mass is 204 g/mol. The van der Waals surface area contributed by atoms with Crippen molar-refractivity contribution in [2.45, 2.75) is 19.6 Å². The van der Waals surface area contributed by atoms with Gasteiger partial charge in [-0.25, -0.2) is 0 Å². The van der Waals surface area contributed by atoms with Crippen molar-refractivity contribution >= 4 is 11.6 Å². The molecule has 1 unspecified atom stereocenters. The first-order valence-electron chi connectivity index (χ1n) is 4.08. The fourth-order valence-electron chi connectivity index (χ4n) is 1.19. The Bertz CT molecular complexity index is 275. The summed E-state index contributed by atoms with van der Waals surface area (Å²) < 4.78 is 6.49. The number of aliphatic hydroxyl groups excluding tert-OH is 1. The Kier molecular flexibility index (Phi) is 3.71. The lowest BCUT2D eigenvalue weighted by molar-refractivity contribution is 0.0587. The largest absolute Gasteiger partial charge is 0.384 e. The van der Waals surface area contributed by atoms with Crippen LogP contribution < -0.4 is 0 Å². The number of aliphatic hydroxyl groups is 1. The summed E-state index contributed by atoms with van der Waals surface area (Å²) in [4.78, 5) is 0. The second-order valence-corrected chi connectivity index (χ2v) is 3.07. The maximum Gasteiger partial charge on any atom is 0.120 e. The van der Waals surface area contributed by atoms with Gasteiger partial charge in [-0.2, -0.15) is 5.10 Å². The van der Waals surface area contributed by atoms with E-state index in [9.17, 15) is 5.11 Å². The second-order valence-electron chi connectivity index (χ2n) is 2.66. The molecule has 0 aliphatic heterocycles. The molecular weight excluding hydrogens is 192 g/mol. The normalized spacial score (nSPS) is 13.2. The second kappa shape index (κ2) is 4.60. The number of aromatic nitrogens is 2. The van der Waals surface area contributed by atoms with E-state index < -0.39 is 6.10 Å². The Morgan fingerprint density at radius 1 is 1.77 bits per heavy atom. The van der Waals surface area contributed by atoms with Crippen LogP contribution in [0.15, 0.2) is 6.20 Å². The van der Waals surface area contributed by atoms with Gasteiger partial charge in [0.05, 0.1) is 23.5 Å².